The molecule has 2 atom stereocenters. The topological polar surface area (TPSA) is 62.6 Å². The fourth-order valence-electron chi connectivity index (χ4n) is 3.32. The first-order valence-corrected chi connectivity index (χ1v) is 7.30. The van der Waals surface area contributed by atoms with Crippen molar-refractivity contribution in [1.82, 2.24) is 10.2 Å². The molecule has 1 N–H and O–H groups in total. The highest BCUT2D eigenvalue weighted by atomic mass is 16.3. The maximum absolute atomic E-state index is 12.4. The molecule has 0 bridgehead atoms. The Morgan fingerprint density at radius 3 is 3.00 bits per heavy atom. The number of carbonyl (C=O) groups excluding carboxylic acids is 2. The second-order valence-electron chi connectivity index (χ2n) is 5.62. The average molecular weight is 276 g/mol. The molecule has 2 unspecified atom stereocenters. The molecule has 1 aliphatic carbocycles. The van der Waals surface area contributed by atoms with Gasteiger partial charge in [0.15, 0.2) is 0 Å². The monoisotopic (exact) mass is 276 g/mol. The Balaban J connectivity index is 1.70. The second-order valence-corrected chi connectivity index (χ2v) is 5.62. The van der Waals surface area contributed by atoms with Gasteiger partial charge in [0.05, 0.1) is 12.3 Å². The largest absolute Gasteiger partial charge is 0.469 e. The third-order valence-electron chi connectivity index (χ3n) is 4.33. The van der Waals surface area contributed by atoms with Gasteiger partial charge in [0.1, 0.15) is 11.8 Å². The fraction of sp³-hybridized carbons (Fsp3) is 0.600. The maximum Gasteiger partial charge on any atom is 0.243 e. The van der Waals surface area contributed by atoms with Crippen LogP contribution in [-0.2, 0) is 16.0 Å². The number of likely N-dealkylation sites (tertiary alicyclic amines) is 1. The van der Waals surface area contributed by atoms with E-state index in [1.807, 2.05) is 6.07 Å². The maximum atomic E-state index is 12.4. The average Bonchev–Trinajstić information content (AvgIpc) is 3.08. The lowest BCUT2D eigenvalue weighted by atomic mass is 9.93. The van der Waals surface area contributed by atoms with E-state index >= 15 is 0 Å². The van der Waals surface area contributed by atoms with Crippen LogP contribution in [0, 0.1) is 0 Å². The van der Waals surface area contributed by atoms with Crippen LogP contribution in [0.15, 0.2) is 16.7 Å². The Morgan fingerprint density at radius 1 is 1.35 bits per heavy atom. The van der Waals surface area contributed by atoms with Crippen molar-refractivity contribution in [3.8, 4) is 0 Å². The van der Waals surface area contributed by atoms with Crippen LogP contribution in [0.4, 0.5) is 0 Å². The number of carbonyl (C=O) groups is 2. The molecule has 1 fully saturated rings. The van der Waals surface area contributed by atoms with Crippen molar-refractivity contribution in [3.63, 3.8) is 0 Å². The van der Waals surface area contributed by atoms with Crippen molar-refractivity contribution in [2.75, 3.05) is 6.54 Å². The molecule has 5 heteroatoms. The predicted octanol–water partition coefficient (Wildman–Crippen LogP) is 1.78. The van der Waals surface area contributed by atoms with Gasteiger partial charge in [0.2, 0.25) is 11.8 Å². The van der Waals surface area contributed by atoms with Gasteiger partial charge in [-0.15, -0.1) is 0 Å². The van der Waals surface area contributed by atoms with Crippen LogP contribution < -0.4 is 5.32 Å². The number of furan rings is 1. The highest BCUT2D eigenvalue weighted by molar-refractivity contribution is 5.87. The van der Waals surface area contributed by atoms with Crippen LogP contribution in [-0.4, -0.2) is 29.3 Å². The molecule has 1 saturated heterocycles. The Hall–Kier alpha value is -1.78. The van der Waals surface area contributed by atoms with E-state index in [4.69, 9.17) is 4.42 Å². The number of aryl methyl sites for hydroxylation is 1. The number of rotatable bonds is 2. The molecular weight excluding hydrogens is 256 g/mol. The van der Waals surface area contributed by atoms with E-state index in [0.29, 0.717) is 6.54 Å². The highest BCUT2D eigenvalue weighted by Gasteiger charge is 2.34. The molecule has 108 valence electrons. The summed E-state index contributed by atoms with van der Waals surface area (Å²) in [4.78, 5) is 25.6. The van der Waals surface area contributed by atoms with E-state index < -0.39 is 0 Å². The molecule has 20 heavy (non-hydrogen) atoms. The zero-order valence-electron chi connectivity index (χ0n) is 11.7. The Morgan fingerprint density at radius 2 is 2.20 bits per heavy atom. The quantitative estimate of drug-likeness (QED) is 0.895. The van der Waals surface area contributed by atoms with Crippen LogP contribution in [0.3, 0.4) is 0 Å². The van der Waals surface area contributed by atoms with Crippen molar-refractivity contribution in [2.24, 2.45) is 0 Å². The molecule has 1 aromatic rings. The van der Waals surface area contributed by atoms with Crippen molar-refractivity contribution in [1.29, 1.82) is 0 Å². The molecule has 2 amide bonds. The lowest BCUT2D eigenvalue weighted by Gasteiger charge is -2.27. The van der Waals surface area contributed by atoms with Crippen molar-refractivity contribution >= 4 is 11.8 Å². The minimum atomic E-state index is -0.301. The van der Waals surface area contributed by atoms with Crippen molar-refractivity contribution < 1.29 is 14.0 Å². The first-order valence-electron chi connectivity index (χ1n) is 7.30. The first-order chi connectivity index (χ1) is 9.66. The number of hydrogen-bond acceptors (Lipinski definition) is 3. The van der Waals surface area contributed by atoms with E-state index in [1.54, 1.807) is 11.2 Å². The normalized spacial score (nSPS) is 25.4. The summed E-state index contributed by atoms with van der Waals surface area (Å²) in [5.74, 6) is 0.934. The van der Waals surface area contributed by atoms with Crippen LogP contribution in [0.25, 0.3) is 0 Å². The van der Waals surface area contributed by atoms with Crippen molar-refractivity contribution in [2.45, 2.75) is 51.1 Å². The summed E-state index contributed by atoms with van der Waals surface area (Å²) >= 11 is 0. The van der Waals surface area contributed by atoms with Crippen LogP contribution in [0.2, 0.25) is 0 Å². The highest BCUT2D eigenvalue weighted by Crippen LogP contribution is 2.31. The smallest absolute Gasteiger partial charge is 0.243 e. The Bertz CT molecular complexity index is 523. The molecule has 1 aromatic heterocycles. The first kappa shape index (κ1) is 13.2. The molecule has 0 spiro atoms. The summed E-state index contributed by atoms with van der Waals surface area (Å²) in [5, 5.41) is 3.10. The SMILES string of the molecule is CC(=O)N1CCCC1C(=O)NC1CCCc2occc21. The standard InChI is InChI=1S/C15H20N2O3/c1-10(18)17-8-3-5-13(17)15(19)16-12-4-2-6-14-11(12)7-9-20-14/h7,9,12-13H,2-6,8H2,1H3,(H,16,19). The van der Waals surface area contributed by atoms with Gasteiger partial charge in [-0.05, 0) is 31.7 Å². The minimum absolute atomic E-state index is 0.0182. The lowest BCUT2D eigenvalue weighted by molar-refractivity contribution is -0.137. The minimum Gasteiger partial charge on any atom is -0.469 e. The molecule has 0 aromatic carbocycles. The third-order valence-corrected chi connectivity index (χ3v) is 4.33. The molecule has 2 heterocycles. The molecule has 0 radical (unpaired) electrons. The van der Waals surface area contributed by atoms with Crippen LogP contribution in [0.1, 0.15) is 50.0 Å². The number of amides is 2. The number of fused-ring (bicyclic) bond motifs is 1. The Kier molecular flexibility index (Phi) is 3.51. The number of nitrogens with one attached hydrogen (secondary N) is 1. The molecular formula is C15H20N2O3. The Labute approximate surface area is 118 Å². The van der Waals surface area contributed by atoms with Gasteiger partial charge in [-0.2, -0.15) is 0 Å². The zero-order valence-corrected chi connectivity index (χ0v) is 11.7. The van der Waals surface area contributed by atoms with Gasteiger partial charge in [0.25, 0.3) is 0 Å². The zero-order chi connectivity index (χ0) is 14.1. The van der Waals surface area contributed by atoms with E-state index in [1.165, 1.54) is 6.92 Å². The third kappa shape index (κ3) is 2.32. The molecule has 2 aliphatic rings. The summed E-state index contributed by atoms with van der Waals surface area (Å²) in [6.45, 7) is 2.22. The van der Waals surface area contributed by atoms with Gasteiger partial charge in [-0.25, -0.2) is 0 Å². The van der Waals surface area contributed by atoms with Gasteiger partial charge >= 0.3 is 0 Å². The van der Waals surface area contributed by atoms with Gasteiger partial charge in [-0.3, -0.25) is 9.59 Å². The molecule has 3 rings (SSSR count). The van der Waals surface area contributed by atoms with E-state index in [0.717, 1.165) is 43.4 Å². The number of nitrogens with zero attached hydrogens (tertiary/aromatic N) is 1. The summed E-state index contributed by atoms with van der Waals surface area (Å²) in [6.07, 6.45) is 6.25. The summed E-state index contributed by atoms with van der Waals surface area (Å²) < 4.78 is 5.44. The number of hydrogen-bond donors (Lipinski definition) is 1. The van der Waals surface area contributed by atoms with Crippen LogP contribution >= 0.6 is 0 Å². The summed E-state index contributed by atoms with van der Waals surface area (Å²) in [5.41, 5.74) is 1.09. The molecule has 0 saturated carbocycles. The van der Waals surface area contributed by atoms with E-state index in [2.05, 4.69) is 5.32 Å². The van der Waals surface area contributed by atoms with Gasteiger partial charge < -0.3 is 14.6 Å². The summed E-state index contributed by atoms with van der Waals surface area (Å²) in [6, 6.07) is 1.67. The second kappa shape index (κ2) is 5.31. The predicted molar refractivity (Wildman–Crippen MR) is 72.9 cm³/mol. The van der Waals surface area contributed by atoms with Gasteiger partial charge in [-0.1, -0.05) is 0 Å². The lowest BCUT2D eigenvalue weighted by Crippen LogP contribution is -2.46. The van der Waals surface area contributed by atoms with Crippen molar-refractivity contribution in [3.05, 3.63) is 23.7 Å². The fourth-order valence-corrected chi connectivity index (χ4v) is 3.32. The van der Waals surface area contributed by atoms with E-state index in [9.17, 15) is 9.59 Å². The van der Waals surface area contributed by atoms with E-state index in [-0.39, 0.29) is 23.9 Å². The summed E-state index contributed by atoms with van der Waals surface area (Å²) in [7, 11) is 0. The van der Waals surface area contributed by atoms with Gasteiger partial charge in [0, 0.05) is 25.5 Å². The molecule has 5 nitrogen and oxygen atoms in total. The van der Waals surface area contributed by atoms with Crippen LogP contribution in [0.5, 0.6) is 0 Å². The molecule has 1 aliphatic heterocycles.